The van der Waals surface area contributed by atoms with Gasteiger partial charge in [-0.15, -0.1) is 0 Å². The van der Waals surface area contributed by atoms with E-state index in [-0.39, 0.29) is 12.0 Å². The van der Waals surface area contributed by atoms with Crippen LogP contribution in [0.15, 0.2) is 59.4 Å². The molecule has 0 saturated carbocycles. The topological polar surface area (TPSA) is 104 Å². The molecule has 1 heterocycles. The minimum Gasteiger partial charge on any atom is -0.497 e. The molecular weight excluding hydrogens is 430 g/mol. The Hall–Kier alpha value is -3.60. The van der Waals surface area contributed by atoms with E-state index in [1.165, 1.54) is 0 Å². The molecule has 0 aliphatic heterocycles. The number of unbranched alkanes of at least 4 members (excludes halogenated alkanes) is 1. The maximum atomic E-state index is 13.3. The average molecular weight is 452 g/mol. The smallest absolute Gasteiger partial charge is 0.269 e. The second-order valence-corrected chi connectivity index (χ2v) is 7.55. The molecular formula is C24H22ClN3O4. The summed E-state index contributed by atoms with van der Waals surface area (Å²) in [6.07, 6.45) is 1.13. The summed E-state index contributed by atoms with van der Waals surface area (Å²) in [5.41, 5.74) is 3.90. The van der Waals surface area contributed by atoms with Crippen molar-refractivity contribution in [1.29, 1.82) is 5.26 Å². The number of benzene rings is 2. The molecule has 8 heteroatoms. The van der Waals surface area contributed by atoms with Crippen LogP contribution in [0.3, 0.4) is 0 Å². The number of nitriles is 1. The van der Waals surface area contributed by atoms with E-state index in [2.05, 4.69) is 0 Å². The normalized spacial score (nSPS) is 10.4. The predicted octanol–water partition coefficient (Wildman–Crippen LogP) is 4.39. The third-order valence-corrected chi connectivity index (χ3v) is 5.37. The van der Waals surface area contributed by atoms with Crippen LogP contribution >= 0.6 is 11.6 Å². The molecule has 3 aromatic rings. The Morgan fingerprint density at radius 3 is 2.38 bits per heavy atom. The Kier molecular flexibility index (Phi) is 7.66. The highest BCUT2D eigenvalue weighted by atomic mass is 35.5. The first kappa shape index (κ1) is 23.1. The number of carbonyl (C=O) groups is 1. The van der Waals surface area contributed by atoms with Gasteiger partial charge in [0.1, 0.15) is 17.4 Å². The number of hydrogen-bond donors (Lipinski definition) is 2. The summed E-state index contributed by atoms with van der Waals surface area (Å²) in [4.78, 5) is 24.6. The SMILES string of the molecule is COc1ccc(-c2cc(-c3ccc(Cl)cc3)c(C#N)c(=O)n2CCCCC(=O)NO)cc1. The Morgan fingerprint density at radius 1 is 1.12 bits per heavy atom. The number of halogens is 1. The number of nitrogens with one attached hydrogen (secondary N) is 1. The molecule has 0 radical (unpaired) electrons. The Morgan fingerprint density at radius 2 is 1.78 bits per heavy atom. The van der Waals surface area contributed by atoms with Crippen molar-refractivity contribution in [2.45, 2.75) is 25.8 Å². The lowest BCUT2D eigenvalue weighted by Gasteiger charge is -2.17. The van der Waals surface area contributed by atoms with Crippen LogP contribution in [-0.4, -0.2) is 22.8 Å². The molecule has 3 rings (SSSR count). The first-order valence-corrected chi connectivity index (χ1v) is 10.4. The van der Waals surface area contributed by atoms with E-state index in [0.717, 1.165) is 5.56 Å². The van der Waals surface area contributed by atoms with Crippen molar-refractivity contribution in [1.82, 2.24) is 10.0 Å². The fraction of sp³-hybridized carbons (Fsp3) is 0.208. The second kappa shape index (κ2) is 10.6. The lowest BCUT2D eigenvalue weighted by molar-refractivity contribution is -0.129. The van der Waals surface area contributed by atoms with Crippen molar-refractivity contribution in [2.75, 3.05) is 7.11 Å². The van der Waals surface area contributed by atoms with Crippen LogP contribution in [0, 0.1) is 11.3 Å². The summed E-state index contributed by atoms with van der Waals surface area (Å²) in [5.74, 6) is 0.202. The predicted molar refractivity (Wildman–Crippen MR) is 122 cm³/mol. The van der Waals surface area contributed by atoms with Gasteiger partial charge in [-0.2, -0.15) is 5.26 Å². The monoisotopic (exact) mass is 451 g/mol. The van der Waals surface area contributed by atoms with E-state index in [9.17, 15) is 14.9 Å². The van der Waals surface area contributed by atoms with Crippen molar-refractivity contribution in [3.8, 4) is 34.2 Å². The van der Waals surface area contributed by atoms with Gasteiger partial charge in [0, 0.05) is 23.6 Å². The molecule has 0 atom stereocenters. The van der Waals surface area contributed by atoms with E-state index in [0.29, 0.717) is 47.0 Å². The molecule has 0 unspecified atom stereocenters. The van der Waals surface area contributed by atoms with E-state index >= 15 is 0 Å². The quantitative estimate of drug-likeness (QED) is 0.300. The van der Waals surface area contributed by atoms with Crippen molar-refractivity contribution < 1.29 is 14.7 Å². The van der Waals surface area contributed by atoms with Gasteiger partial charge in [-0.3, -0.25) is 14.8 Å². The van der Waals surface area contributed by atoms with E-state index in [1.807, 2.05) is 24.3 Å². The van der Waals surface area contributed by atoms with Crippen LogP contribution < -0.4 is 15.8 Å². The first-order chi connectivity index (χ1) is 15.5. The Balaban J connectivity index is 2.11. The molecule has 32 heavy (non-hydrogen) atoms. The highest BCUT2D eigenvalue weighted by molar-refractivity contribution is 6.30. The van der Waals surface area contributed by atoms with E-state index < -0.39 is 11.5 Å². The van der Waals surface area contributed by atoms with Crippen molar-refractivity contribution in [2.24, 2.45) is 0 Å². The number of hydroxylamine groups is 1. The fourth-order valence-corrected chi connectivity index (χ4v) is 3.57. The molecule has 164 valence electrons. The van der Waals surface area contributed by atoms with E-state index in [1.54, 1.807) is 53.6 Å². The highest BCUT2D eigenvalue weighted by Gasteiger charge is 2.17. The number of pyridine rings is 1. The lowest BCUT2D eigenvalue weighted by atomic mass is 9.98. The zero-order valence-electron chi connectivity index (χ0n) is 17.5. The van der Waals surface area contributed by atoms with Crippen molar-refractivity contribution in [3.63, 3.8) is 0 Å². The molecule has 2 N–H and O–H groups in total. The number of carbonyl (C=O) groups excluding carboxylic acids is 1. The summed E-state index contributed by atoms with van der Waals surface area (Å²) in [7, 11) is 1.58. The van der Waals surface area contributed by atoms with Gasteiger partial charge in [0.25, 0.3) is 5.56 Å². The van der Waals surface area contributed by atoms with E-state index in [4.69, 9.17) is 21.5 Å². The van der Waals surface area contributed by atoms with Gasteiger partial charge in [-0.1, -0.05) is 23.7 Å². The highest BCUT2D eigenvalue weighted by Crippen LogP contribution is 2.29. The molecule has 1 amide bonds. The summed E-state index contributed by atoms with van der Waals surface area (Å²) in [6.45, 7) is 0.314. The van der Waals surface area contributed by atoms with Gasteiger partial charge in [0.05, 0.1) is 12.8 Å². The third kappa shape index (κ3) is 5.17. The third-order valence-electron chi connectivity index (χ3n) is 5.11. The van der Waals surface area contributed by atoms with Crippen LogP contribution in [0.25, 0.3) is 22.4 Å². The van der Waals surface area contributed by atoms with Gasteiger partial charge in [-0.05, 0) is 66.4 Å². The maximum absolute atomic E-state index is 13.3. The molecule has 0 aliphatic carbocycles. The summed E-state index contributed by atoms with van der Waals surface area (Å²) < 4.78 is 6.78. The lowest BCUT2D eigenvalue weighted by Crippen LogP contribution is -2.25. The van der Waals surface area contributed by atoms with Gasteiger partial charge >= 0.3 is 0 Å². The molecule has 0 spiro atoms. The maximum Gasteiger partial charge on any atom is 0.269 e. The minimum atomic E-state index is -0.483. The Bertz CT molecular complexity index is 1200. The summed E-state index contributed by atoms with van der Waals surface area (Å²) in [5, 5.41) is 19.0. The number of methoxy groups -OCH3 is 1. The fourth-order valence-electron chi connectivity index (χ4n) is 3.45. The largest absolute Gasteiger partial charge is 0.497 e. The van der Waals surface area contributed by atoms with Crippen LogP contribution in [0.1, 0.15) is 24.8 Å². The zero-order chi connectivity index (χ0) is 23.1. The standard InChI is InChI=1S/C24H22ClN3O4/c1-32-19-11-7-17(8-12-19)22-14-20(16-5-9-18(25)10-6-16)21(15-26)24(30)28(22)13-3-2-4-23(29)27-31/h5-12,14,31H,2-4,13H2,1H3,(H,27,29). The molecule has 7 nitrogen and oxygen atoms in total. The van der Waals surface area contributed by atoms with Crippen molar-refractivity contribution in [3.05, 3.63) is 75.5 Å². The molecule has 0 bridgehead atoms. The van der Waals surface area contributed by atoms with Gasteiger partial charge in [0.15, 0.2) is 0 Å². The number of amides is 1. The minimum absolute atomic E-state index is 0.0395. The van der Waals surface area contributed by atoms with Crippen molar-refractivity contribution >= 4 is 17.5 Å². The van der Waals surface area contributed by atoms with Crippen LogP contribution in [0.4, 0.5) is 0 Å². The number of rotatable bonds is 8. The van der Waals surface area contributed by atoms with Crippen LogP contribution in [-0.2, 0) is 11.3 Å². The van der Waals surface area contributed by atoms with Gasteiger partial charge in [-0.25, -0.2) is 5.48 Å². The second-order valence-electron chi connectivity index (χ2n) is 7.11. The van der Waals surface area contributed by atoms with Gasteiger partial charge in [0.2, 0.25) is 5.91 Å². The number of ether oxygens (including phenoxy) is 1. The summed E-state index contributed by atoms with van der Waals surface area (Å²) >= 11 is 6.00. The van der Waals surface area contributed by atoms with Crippen LogP contribution in [0.2, 0.25) is 5.02 Å². The molecule has 0 aliphatic rings. The average Bonchev–Trinajstić information content (AvgIpc) is 2.82. The zero-order valence-corrected chi connectivity index (χ0v) is 18.2. The molecule has 0 saturated heterocycles. The number of hydrogen-bond acceptors (Lipinski definition) is 5. The number of nitrogens with zero attached hydrogens (tertiary/aromatic N) is 2. The molecule has 0 fully saturated rings. The summed E-state index contributed by atoms with van der Waals surface area (Å²) in [6, 6.07) is 18.1. The molecule has 2 aromatic carbocycles. The number of aromatic nitrogens is 1. The first-order valence-electron chi connectivity index (χ1n) is 9.99. The van der Waals surface area contributed by atoms with Gasteiger partial charge < -0.3 is 9.30 Å². The Labute approximate surface area is 190 Å². The van der Waals surface area contributed by atoms with Crippen LogP contribution in [0.5, 0.6) is 5.75 Å². The molecule has 1 aromatic heterocycles.